The molecule has 0 aliphatic heterocycles. The summed E-state index contributed by atoms with van der Waals surface area (Å²) in [4.78, 5) is 0. The van der Waals surface area contributed by atoms with Crippen molar-refractivity contribution in [3.63, 3.8) is 0 Å². The molecular formula is C5H13NO4S. The Kier molecular flexibility index (Phi) is 7.54. The molecule has 0 radical (unpaired) electrons. The molecule has 0 aliphatic carbocycles. The van der Waals surface area contributed by atoms with Crippen LogP contribution in [0.1, 0.15) is 6.42 Å². The SMILES string of the molecule is C=CCCOS(=O)(=O)OC.N. The maximum atomic E-state index is 10.4. The summed E-state index contributed by atoms with van der Waals surface area (Å²) in [5.74, 6) is 0. The van der Waals surface area contributed by atoms with E-state index in [-0.39, 0.29) is 12.8 Å². The summed E-state index contributed by atoms with van der Waals surface area (Å²) in [5, 5.41) is 0. The first kappa shape index (κ1) is 13.2. The van der Waals surface area contributed by atoms with Gasteiger partial charge in [0.2, 0.25) is 0 Å². The monoisotopic (exact) mass is 183 g/mol. The minimum absolute atomic E-state index is 0. The van der Waals surface area contributed by atoms with Gasteiger partial charge in [0.05, 0.1) is 13.7 Å². The fraction of sp³-hybridized carbons (Fsp3) is 0.600. The van der Waals surface area contributed by atoms with Crippen molar-refractivity contribution in [2.24, 2.45) is 0 Å². The Morgan fingerprint density at radius 3 is 2.45 bits per heavy atom. The van der Waals surface area contributed by atoms with E-state index < -0.39 is 10.4 Å². The summed E-state index contributed by atoms with van der Waals surface area (Å²) < 4.78 is 29.1. The van der Waals surface area contributed by atoms with Crippen LogP contribution in [-0.2, 0) is 18.8 Å². The van der Waals surface area contributed by atoms with Crippen molar-refractivity contribution in [1.29, 1.82) is 0 Å². The van der Waals surface area contributed by atoms with Crippen LogP contribution < -0.4 is 6.15 Å². The van der Waals surface area contributed by atoms with Crippen LogP contribution in [-0.4, -0.2) is 22.1 Å². The van der Waals surface area contributed by atoms with Crippen molar-refractivity contribution < 1.29 is 16.8 Å². The van der Waals surface area contributed by atoms with Gasteiger partial charge in [0.15, 0.2) is 0 Å². The molecule has 0 unspecified atom stereocenters. The van der Waals surface area contributed by atoms with Gasteiger partial charge in [-0.25, -0.2) is 4.18 Å². The van der Waals surface area contributed by atoms with Gasteiger partial charge >= 0.3 is 10.4 Å². The van der Waals surface area contributed by atoms with Gasteiger partial charge in [-0.15, -0.1) is 6.58 Å². The minimum atomic E-state index is -3.74. The normalized spacial score (nSPS) is 10.3. The van der Waals surface area contributed by atoms with Gasteiger partial charge in [-0.1, -0.05) is 6.08 Å². The third kappa shape index (κ3) is 7.47. The molecule has 0 aromatic heterocycles. The Balaban J connectivity index is 0. The quantitative estimate of drug-likeness (QED) is 0.499. The first-order chi connectivity index (χ1) is 4.62. The molecule has 0 aliphatic rings. The highest BCUT2D eigenvalue weighted by atomic mass is 32.3. The fourth-order valence-corrected chi connectivity index (χ4v) is 0.678. The summed E-state index contributed by atoms with van der Waals surface area (Å²) in [6, 6.07) is 0. The molecule has 0 atom stereocenters. The van der Waals surface area contributed by atoms with Gasteiger partial charge in [0.25, 0.3) is 0 Å². The van der Waals surface area contributed by atoms with E-state index in [1.165, 1.54) is 0 Å². The highest BCUT2D eigenvalue weighted by Crippen LogP contribution is 1.94. The molecule has 0 fully saturated rings. The molecule has 11 heavy (non-hydrogen) atoms. The van der Waals surface area contributed by atoms with Crippen molar-refractivity contribution in [3.8, 4) is 0 Å². The van der Waals surface area contributed by atoms with Gasteiger partial charge < -0.3 is 6.15 Å². The predicted molar refractivity (Wildman–Crippen MR) is 41.7 cm³/mol. The fourth-order valence-electron chi connectivity index (χ4n) is 0.282. The summed E-state index contributed by atoms with van der Waals surface area (Å²) in [5.41, 5.74) is 0. The molecule has 0 rings (SSSR count). The van der Waals surface area contributed by atoms with E-state index in [9.17, 15) is 8.42 Å². The van der Waals surface area contributed by atoms with E-state index in [0.29, 0.717) is 6.42 Å². The maximum absolute atomic E-state index is 10.4. The topological polar surface area (TPSA) is 87.6 Å². The van der Waals surface area contributed by atoms with Crippen LogP contribution in [0.15, 0.2) is 12.7 Å². The van der Waals surface area contributed by atoms with Crippen molar-refractivity contribution in [3.05, 3.63) is 12.7 Å². The van der Waals surface area contributed by atoms with Crippen LogP contribution in [0.5, 0.6) is 0 Å². The van der Waals surface area contributed by atoms with Crippen LogP contribution in [0.25, 0.3) is 0 Å². The Morgan fingerprint density at radius 1 is 1.55 bits per heavy atom. The molecule has 0 saturated heterocycles. The summed E-state index contributed by atoms with van der Waals surface area (Å²) in [6.45, 7) is 3.47. The summed E-state index contributed by atoms with van der Waals surface area (Å²) >= 11 is 0. The molecule has 0 aromatic carbocycles. The average molecular weight is 183 g/mol. The van der Waals surface area contributed by atoms with E-state index in [1.54, 1.807) is 6.08 Å². The third-order valence-corrected chi connectivity index (χ3v) is 1.62. The molecule has 0 spiro atoms. The first-order valence-corrected chi connectivity index (χ1v) is 4.01. The largest absolute Gasteiger partial charge is 0.399 e. The molecular weight excluding hydrogens is 170 g/mol. The lowest BCUT2D eigenvalue weighted by Crippen LogP contribution is -2.07. The Hall–Kier alpha value is -0.430. The zero-order valence-electron chi connectivity index (χ0n) is 6.45. The van der Waals surface area contributed by atoms with Gasteiger partial charge in [0, 0.05) is 0 Å². The molecule has 3 N–H and O–H groups in total. The zero-order chi connectivity index (χ0) is 8.04. The van der Waals surface area contributed by atoms with Crippen LogP contribution in [0.2, 0.25) is 0 Å². The Bertz CT molecular complexity index is 187. The van der Waals surface area contributed by atoms with E-state index in [1.807, 2.05) is 0 Å². The number of hydrogen-bond acceptors (Lipinski definition) is 5. The second-order valence-corrected chi connectivity index (χ2v) is 2.86. The third-order valence-electron chi connectivity index (χ3n) is 0.754. The maximum Gasteiger partial charge on any atom is 0.399 e. The van der Waals surface area contributed by atoms with E-state index in [2.05, 4.69) is 14.9 Å². The van der Waals surface area contributed by atoms with Crippen molar-refractivity contribution in [2.75, 3.05) is 13.7 Å². The van der Waals surface area contributed by atoms with Gasteiger partial charge in [0.1, 0.15) is 0 Å². The minimum Gasteiger partial charge on any atom is -0.344 e. The standard InChI is InChI=1S/C5H10O4S.H3N/c1-3-4-5-9-10(6,7)8-2;/h3H,1,4-5H2,2H3;1H3. The molecule has 0 heterocycles. The predicted octanol–water partition coefficient (Wildman–Crippen LogP) is 0.632. The molecule has 5 nitrogen and oxygen atoms in total. The molecule has 0 saturated carbocycles. The Morgan fingerprint density at radius 2 is 2.09 bits per heavy atom. The second-order valence-electron chi connectivity index (χ2n) is 1.47. The Labute approximate surface area is 66.9 Å². The van der Waals surface area contributed by atoms with Crippen molar-refractivity contribution in [1.82, 2.24) is 6.15 Å². The van der Waals surface area contributed by atoms with Crippen LogP contribution in [0, 0.1) is 0 Å². The summed E-state index contributed by atoms with van der Waals surface area (Å²) in [7, 11) is -2.69. The number of rotatable bonds is 5. The van der Waals surface area contributed by atoms with E-state index >= 15 is 0 Å². The number of hydrogen-bond donors (Lipinski definition) is 1. The summed E-state index contributed by atoms with van der Waals surface area (Å²) in [6.07, 6.45) is 2.05. The average Bonchev–Trinajstić information content (AvgIpc) is 1.89. The highest BCUT2D eigenvalue weighted by Gasteiger charge is 2.06. The molecule has 68 valence electrons. The van der Waals surface area contributed by atoms with Gasteiger partial charge in [-0.2, -0.15) is 8.42 Å². The smallest absolute Gasteiger partial charge is 0.344 e. The van der Waals surface area contributed by atoms with Crippen molar-refractivity contribution >= 4 is 10.4 Å². The van der Waals surface area contributed by atoms with Crippen LogP contribution in [0.4, 0.5) is 0 Å². The van der Waals surface area contributed by atoms with Crippen LogP contribution in [0.3, 0.4) is 0 Å². The van der Waals surface area contributed by atoms with Gasteiger partial charge in [-0.3, -0.25) is 4.18 Å². The van der Waals surface area contributed by atoms with Gasteiger partial charge in [-0.05, 0) is 6.42 Å². The van der Waals surface area contributed by atoms with Crippen molar-refractivity contribution in [2.45, 2.75) is 6.42 Å². The molecule has 0 amide bonds. The van der Waals surface area contributed by atoms with Crippen LogP contribution >= 0.6 is 0 Å². The lowest BCUT2D eigenvalue weighted by atomic mass is 10.5. The highest BCUT2D eigenvalue weighted by molar-refractivity contribution is 7.81. The zero-order valence-corrected chi connectivity index (χ0v) is 7.26. The lowest BCUT2D eigenvalue weighted by Gasteiger charge is -1.98. The van der Waals surface area contributed by atoms with E-state index in [4.69, 9.17) is 0 Å². The molecule has 0 aromatic rings. The second kappa shape index (κ2) is 6.29. The first-order valence-electron chi connectivity index (χ1n) is 2.68. The van der Waals surface area contributed by atoms with E-state index in [0.717, 1.165) is 7.11 Å². The molecule has 6 heteroatoms. The lowest BCUT2D eigenvalue weighted by molar-refractivity contribution is 0.247. The molecule has 0 bridgehead atoms.